The van der Waals surface area contributed by atoms with E-state index in [1.54, 1.807) is 36.1 Å². The first kappa shape index (κ1) is 41.3. The molecule has 7 amide bonds. The topological polar surface area (TPSA) is 199 Å². The third-order valence-corrected chi connectivity index (χ3v) is 10.7. The fourth-order valence-electron chi connectivity index (χ4n) is 7.57. The molecular weight excluding hydrogens is 758 g/mol. The molecule has 7 atom stereocenters. The molecule has 6 rings (SSSR count). The summed E-state index contributed by atoms with van der Waals surface area (Å²) in [6.45, 7) is 9.16. The second-order valence-corrected chi connectivity index (χ2v) is 15.4. The third kappa shape index (κ3) is 9.82. The van der Waals surface area contributed by atoms with Gasteiger partial charge >= 0.3 is 6.03 Å². The Hall–Kier alpha value is -5.29. The molecular formula is C40H48ClN7O9. The summed E-state index contributed by atoms with van der Waals surface area (Å²) >= 11 is 6.11. The number of rotatable bonds is 6. The van der Waals surface area contributed by atoms with Crippen LogP contribution >= 0.6 is 11.6 Å². The van der Waals surface area contributed by atoms with Crippen LogP contribution in [0, 0.1) is 12.8 Å². The standard InChI is InChI=1S/C40H48ClN7O9/c1-22-7-5-8-26(13-22)15-31(44-40(55)43-28-10-6-9-27(41)16-28)35(50)45-34-25(4)57-20-29-14-23(2)18-47(29)37(52)24(3)42-36(51)33-21-56-12-11-46(33)38(53)32-17-30(49)19-48(32)39(34)54/h5-10,13,16-17,23,25,29-31,33-34,49H,3,11-12,14-15,18-21H2,1-2,4H3,(H,42,51)(H,45,50)(H2,43,44,55)/t23-,25+,29+,30-,31+,33+,34+/m1/s1. The minimum absolute atomic E-state index is 0.0260. The predicted octanol–water partition coefficient (Wildman–Crippen LogP) is 1.47. The van der Waals surface area contributed by atoms with Gasteiger partial charge in [-0.05, 0) is 56.0 Å². The molecule has 4 aliphatic rings. The lowest BCUT2D eigenvalue weighted by Crippen LogP contribution is -2.61. The zero-order valence-electron chi connectivity index (χ0n) is 32.0. The highest BCUT2D eigenvalue weighted by atomic mass is 35.5. The van der Waals surface area contributed by atoms with E-state index in [4.69, 9.17) is 21.1 Å². The van der Waals surface area contributed by atoms with E-state index in [1.807, 2.05) is 38.1 Å². The van der Waals surface area contributed by atoms with Gasteiger partial charge in [0.05, 0.1) is 50.3 Å². The zero-order chi connectivity index (χ0) is 41.0. The summed E-state index contributed by atoms with van der Waals surface area (Å²) in [5, 5.41) is 22.0. The Morgan fingerprint density at radius 2 is 1.81 bits per heavy atom. The molecule has 17 heteroatoms. The van der Waals surface area contributed by atoms with Gasteiger partial charge < -0.3 is 50.5 Å². The lowest BCUT2D eigenvalue weighted by atomic mass is 10.0. The number of hydrogen-bond donors (Lipinski definition) is 5. The minimum atomic E-state index is -1.45. The van der Waals surface area contributed by atoms with E-state index in [0.717, 1.165) is 16.0 Å². The van der Waals surface area contributed by atoms with Gasteiger partial charge in [0.1, 0.15) is 23.8 Å². The first-order valence-corrected chi connectivity index (χ1v) is 19.3. The van der Waals surface area contributed by atoms with Crippen LogP contribution in [0.3, 0.4) is 0 Å². The molecule has 3 fully saturated rings. The highest BCUT2D eigenvalue weighted by Crippen LogP contribution is 2.27. The molecule has 0 unspecified atom stereocenters. The Kier molecular flexibility index (Phi) is 13.0. The van der Waals surface area contributed by atoms with Crippen LogP contribution in [-0.4, -0.2) is 131 Å². The number of aryl methyl sites for hydroxylation is 1. The van der Waals surface area contributed by atoms with Gasteiger partial charge in [-0.2, -0.15) is 0 Å². The maximum absolute atomic E-state index is 14.7. The number of anilines is 1. The normalized spacial score (nSPS) is 26.5. The molecule has 16 nitrogen and oxygen atoms in total. The molecule has 304 valence electrons. The smallest absolute Gasteiger partial charge is 0.319 e. The highest BCUT2D eigenvalue weighted by molar-refractivity contribution is 6.30. The van der Waals surface area contributed by atoms with Crippen LogP contribution in [0.1, 0.15) is 31.4 Å². The molecule has 4 heterocycles. The average Bonchev–Trinajstić information content (AvgIpc) is 3.76. The van der Waals surface area contributed by atoms with Crippen molar-refractivity contribution >= 4 is 52.9 Å². The summed E-state index contributed by atoms with van der Waals surface area (Å²) in [7, 11) is 0. The Balaban J connectivity index is 1.33. The van der Waals surface area contributed by atoms with Crippen molar-refractivity contribution in [3.05, 3.63) is 88.7 Å². The lowest BCUT2D eigenvalue weighted by molar-refractivity contribution is -0.149. The van der Waals surface area contributed by atoms with E-state index in [-0.39, 0.29) is 56.6 Å². The number of halogens is 1. The predicted molar refractivity (Wildman–Crippen MR) is 208 cm³/mol. The zero-order valence-corrected chi connectivity index (χ0v) is 32.8. The number of nitrogens with one attached hydrogen (secondary N) is 4. The molecule has 0 radical (unpaired) electrons. The van der Waals surface area contributed by atoms with Gasteiger partial charge in [0, 0.05) is 30.2 Å². The summed E-state index contributed by atoms with van der Waals surface area (Å²) < 4.78 is 11.8. The summed E-state index contributed by atoms with van der Waals surface area (Å²) in [6, 6.07) is 8.88. The first-order chi connectivity index (χ1) is 27.2. The average molecular weight is 806 g/mol. The monoisotopic (exact) mass is 805 g/mol. The van der Waals surface area contributed by atoms with E-state index >= 15 is 0 Å². The summed E-state index contributed by atoms with van der Waals surface area (Å²) in [6.07, 6.45) is -0.470. The number of morpholine rings is 1. The Morgan fingerprint density at radius 3 is 2.56 bits per heavy atom. The second kappa shape index (κ2) is 17.9. The molecule has 0 aliphatic carbocycles. The van der Waals surface area contributed by atoms with Crippen LogP contribution in [0.15, 0.2) is 72.6 Å². The maximum Gasteiger partial charge on any atom is 0.319 e. The van der Waals surface area contributed by atoms with Crippen LogP contribution in [0.5, 0.6) is 0 Å². The lowest BCUT2D eigenvalue weighted by Gasteiger charge is -2.37. The van der Waals surface area contributed by atoms with Crippen molar-refractivity contribution in [2.45, 2.75) is 70.0 Å². The number of ether oxygens (including phenoxy) is 2. The molecule has 0 bridgehead atoms. The van der Waals surface area contributed by atoms with Gasteiger partial charge in [0.15, 0.2) is 0 Å². The van der Waals surface area contributed by atoms with Gasteiger partial charge in [0.2, 0.25) is 11.8 Å². The van der Waals surface area contributed by atoms with Crippen molar-refractivity contribution in [1.82, 2.24) is 30.7 Å². The number of fused-ring (bicyclic) bond motifs is 3. The van der Waals surface area contributed by atoms with Crippen LogP contribution in [0.25, 0.3) is 0 Å². The van der Waals surface area contributed by atoms with E-state index in [2.05, 4.69) is 27.8 Å². The van der Waals surface area contributed by atoms with Gasteiger partial charge in [-0.1, -0.05) is 61.0 Å². The fraction of sp³-hybridized carbons (Fsp3) is 0.450. The fourth-order valence-corrected chi connectivity index (χ4v) is 7.76. The molecule has 2 aromatic carbocycles. The Morgan fingerprint density at radius 1 is 1.04 bits per heavy atom. The molecule has 4 aliphatic heterocycles. The molecule has 0 aromatic heterocycles. The van der Waals surface area contributed by atoms with Crippen LogP contribution < -0.4 is 21.3 Å². The van der Waals surface area contributed by atoms with Crippen molar-refractivity contribution in [2.75, 3.05) is 44.8 Å². The number of aliphatic hydroxyl groups is 1. The first-order valence-electron chi connectivity index (χ1n) is 18.9. The Labute approximate surface area is 335 Å². The number of urea groups is 1. The van der Waals surface area contributed by atoms with E-state index in [0.29, 0.717) is 23.7 Å². The highest BCUT2D eigenvalue weighted by Gasteiger charge is 2.44. The number of carbonyl (C=O) groups excluding carboxylic acids is 6. The summed E-state index contributed by atoms with van der Waals surface area (Å²) in [4.78, 5) is 87.7. The van der Waals surface area contributed by atoms with Crippen molar-refractivity contribution in [3.8, 4) is 0 Å². The number of nitrogens with zero attached hydrogens (tertiary/aromatic N) is 3. The number of amides is 7. The van der Waals surface area contributed by atoms with E-state index in [1.165, 1.54) is 11.0 Å². The molecule has 0 spiro atoms. The number of hydrogen-bond acceptors (Lipinski definition) is 9. The Bertz CT molecular complexity index is 1960. The van der Waals surface area contributed by atoms with Gasteiger partial charge in [-0.15, -0.1) is 0 Å². The SMILES string of the molecule is C=C1NC(=O)[C@@H]2COCCN2C(=O)C2=C[C@@H](O)CN2C(=O)[C@@H](NC(=O)[C@H](Cc2cccc(C)c2)NC(=O)Nc2cccc(Cl)c2)[C@H](C)OC[C@@H]2C[C@@H](C)CN2C1=O. The molecule has 5 N–H and O–H groups in total. The quantitative estimate of drug-likeness (QED) is 0.269. The molecule has 3 saturated heterocycles. The van der Waals surface area contributed by atoms with Crippen LogP contribution in [0.4, 0.5) is 10.5 Å². The third-order valence-electron chi connectivity index (χ3n) is 10.4. The molecule has 57 heavy (non-hydrogen) atoms. The summed E-state index contributed by atoms with van der Waals surface area (Å²) in [5.41, 5.74) is 1.67. The van der Waals surface area contributed by atoms with E-state index in [9.17, 15) is 33.9 Å². The van der Waals surface area contributed by atoms with E-state index < -0.39 is 71.9 Å². The summed E-state index contributed by atoms with van der Waals surface area (Å²) in [5.74, 6) is -3.39. The largest absolute Gasteiger partial charge is 0.387 e. The second-order valence-electron chi connectivity index (χ2n) is 15.0. The molecule has 0 saturated carbocycles. The maximum atomic E-state index is 14.7. The van der Waals surface area contributed by atoms with Crippen LogP contribution in [0.2, 0.25) is 5.02 Å². The van der Waals surface area contributed by atoms with Gasteiger partial charge in [-0.25, -0.2) is 4.79 Å². The van der Waals surface area contributed by atoms with Crippen molar-refractivity contribution in [3.63, 3.8) is 0 Å². The van der Waals surface area contributed by atoms with Crippen LogP contribution in [-0.2, 0) is 39.9 Å². The van der Waals surface area contributed by atoms with Crippen molar-refractivity contribution in [1.29, 1.82) is 0 Å². The van der Waals surface area contributed by atoms with Crippen molar-refractivity contribution in [2.24, 2.45) is 5.92 Å². The number of aliphatic hydroxyl groups excluding tert-OH is 1. The van der Waals surface area contributed by atoms with Crippen molar-refractivity contribution < 1.29 is 43.3 Å². The van der Waals surface area contributed by atoms with Gasteiger partial charge in [-0.3, -0.25) is 24.0 Å². The van der Waals surface area contributed by atoms with Gasteiger partial charge in [0.25, 0.3) is 17.7 Å². The minimum Gasteiger partial charge on any atom is -0.387 e. The number of benzene rings is 2. The number of carbonyl (C=O) groups is 6. The molecule has 2 aromatic rings.